The Morgan fingerprint density at radius 1 is 1.16 bits per heavy atom. The molecule has 1 atom stereocenters. The van der Waals surface area contributed by atoms with Crippen molar-refractivity contribution >= 4 is 40.0 Å². The van der Waals surface area contributed by atoms with Crippen LogP contribution in [0, 0.1) is 20.8 Å². The van der Waals surface area contributed by atoms with Gasteiger partial charge in [0.2, 0.25) is 0 Å². The van der Waals surface area contributed by atoms with Gasteiger partial charge in [-0.15, -0.1) is 0 Å². The molecule has 3 N–H and O–H groups in total. The van der Waals surface area contributed by atoms with Gasteiger partial charge in [0.15, 0.2) is 0 Å². The zero-order valence-electron chi connectivity index (χ0n) is 19.6. The van der Waals surface area contributed by atoms with Gasteiger partial charge in [0.05, 0.1) is 21.9 Å². The number of aryl methyl sites for hydroxylation is 1. The molecule has 0 spiro atoms. The summed E-state index contributed by atoms with van der Waals surface area (Å²) in [6.07, 6.45) is 3.41. The molecule has 2 heterocycles. The summed E-state index contributed by atoms with van der Waals surface area (Å²) in [6, 6.07) is 3.58. The van der Waals surface area contributed by atoms with Crippen LogP contribution in [0.2, 0.25) is 0 Å². The number of aromatic nitrogens is 1. The lowest BCUT2D eigenvalue weighted by Crippen LogP contribution is -2.35. The van der Waals surface area contributed by atoms with E-state index in [9.17, 15) is 13.8 Å². The summed E-state index contributed by atoms with van der Waals surface area (Å²) < 4.78 is 12.1. The normalized spacial score (nSPS) is 15.2. The fourth-order valence-electron chi connectivity index (χ4n) is 4.26. The molecule has 7 nitrogen and oxygen atoms in total. The summed E-state index contributed by atoms with van der Waals surface area (Å²) in [6.45, 7) is 13.1. The number of aromatic amines is 1. The molecule has 0 saturated heterocycles. The van der Waals surface area contributed by atoms with Gasteiger partial charge in [0.1, 0.15) is 0 Å². The largest absolute Gasteiger partial charge is 0.358 e. The Bertz CT molecular complexity index is 1110. The number of carbonyl (C=O) groups excluding carboxylic acids is 2. The number of likely N-dealkylation sites (N-methyl/N-ethyl adjacent to an activating group) is 1. The molecule has 2 amide bonds. The number of H-pyrrole nitrogens is 1. The highest BCUT2D eigenvalue weighted by Crippen LogP contribution is 2.38. The quantitative estimate of drug-likeness (QED) is 0.532. The summed E-state index contributed by atoms with van der Waals surface area (Å²) >= 11 is 0. The minimum atomic E-state index is -1.15. The number of nitrogens with one attached hydrogen (secondary N) is 3. The Labute approximate surface area is 192 Å². The maximum atomic E-state index is 12.8. The molecule has 2 aromatic rings. The first-order valence-corrected chi connectivity index (χ1v) is 12.4. The minimum Gasteiger partial charge on any atom is -0.358 e. The summed E-state index contributed by atoms with van der Waals surface area (Å²) in [5.41, 5.74) is 5.68. The smallest absolute Gasteiger partial charge is 0.256 e. The standard InChI is InChI=1S/C24H32N4O3S/c1-7-28(8-2)12-11-25-24(30)21-14(3)19(26-16(21)5)13-17-22-15(4)20(32(6)31)10-9-18(22)27-23(17)29/h9-10,13,26H,7-8,11-12H2,1-6H3,(H,25,30)(H,27,29)/b17-13-. The molecule has 0 saturated carbocycles. The van der Waals surface area contributed by atoms with Crippen molar-refractivity contribution in [1.82, 2.24) is 15.2 Å². The topological polar surface area (TPSA) is 94.3 Å². The van der Waals surface area contributed by atoms with Crippen molar-refractivity contribution in [3.05, 3.63) is 45.8 Å². The number of hydrogen-bond donors (Lipinski definition) is 3. The summed E-state index contributed by atoms with van der Waals surface area (Å²) in [7, 11) is -1.15. The Hall–Kier alpha value is -2.71. The monoisotopic (exact) mass is 456 g/mol. The van der Waals surface area contributed by atoms with Crippen LogP contribution < -0.4 is 10.6 Å². The van der Waals surface area contributed by atoms with E-state index >= 15 is 0 Å². The first-order valence-electron chi connectivity index (χ1n) is 10.9. The second-order valence-electron chi connectivity index (χ2n) is 8.02. The molecule has 1 aliphatic rings. The molecule has 1 aliphatic heterocycles. The number of rotatable bonds is 8. The third kappa shape index (κ3) is 4.56. The van der Waals surface area contributed by atoms with Gasteiger partial charge in [-0.25, -0.2) is 0 Å². The third-order valence-corrected chi connectivity index (χ3v) is 7.15. The molecular formula is C24H32N4O3S. The lowest BCUT2D eigenvalue weighted by atomic mass is 9.99. The Morgan fingerprint density at radius 3 is 2.47 bits per heavy atom. The Morgan fingerprint density at radius 2 is 1.84 bits per heavy atom. The van der Waals surface area contributed by atoms with Gasteiger partial charge in [0.25, 0.3) is 11.8 Å². The minimum absolute atomic E-state index is 0.121. The number of hydrogen-bond acceptors (Lipinski definition) is 4. The molecule has 172 valence electrons. The SMILES string of the molecule is CCN(CC)CCNC(=O)c1c(C)[nH]c(/C=C2\C(=O)Nc3ccc(S(C)=O)c(C)c32)c1C. The average molecular weight is 457 g/mol. The van der Waals surface area contributed by atoms with Crippen LogP contribution in [0.25, 0.3) is 11.6 Å². The van der Waals surface area contributed by atoms with Crippen molar-refractivity contribution in [2.75, 3.05) is 37.8 Å². The first kappa shape index (κ1) is 23.9. The molecule has 32 heavy (non-hydrogen) atoms. The summed E-state index contributed by atoms with van der Waals surface area (Å²) in [5, 5.41) is 5.89. The van der Waals surface area contributed by atoms with Crippen molar-refractivity contribution in [3.63, 3.8) is 0 Å². The van der Waals surface area contributed by atoms with Crippen LogP contribution in [0.15, 0.2) is 17.0 Å². The van der Waals surface area contributed by atoms with Gasteiger partial charge in [-0.1, -0.05) is 13.8 Å². The predicted octanol–water partition coefficient (Wildman–Crippen LogP) is 3.24. The maximum absolute atomic E-state index is 12.8. The second kappa shape index (κ2) is 9.83. The van der Waals surface area contributed by atoms with Crippen LogP contribution in [0.4, 0.5) is 5.69 Å². The molecule has 3 rings (SSSR count). The van der Waals surface area contributed by atoms with E-state index in [0.717, 1.165) is 47.7 Å². The Kier molecular flexibility index (Phi) is 7.36. The Balaban J connectivity index is 1.92. The van der Waals surface area contributed by atoms with E-state index in [4.69, 9.17) is 0 Å². The van der Waals surface area contributed by atoms with E-state index in [2.05, 4.69) is 34.4 Å². The molecule has 1 aromatic heterocycles. The van der Waals surface area contributed by atoms with Gasteiger partial charge < -0.3 is 20.5 Å². The predicted molar refractivity (Wildman–Crippen MR) is 130 cm³/mol. The van der Waals surface area contributed by atoms with Crippen molar-refractivity contribution in [2.45, 2.75) is 39.5 Å². The zero-order valence-corrected chi connectivity index (χ0v) is 20.5. The summed E-state index contributed by atoms with van der Waals surface area (Å²) in [5.74, 6) is -0.330. The third-order valence-electron chi connectivity index (χ3n) is 6.09. The van der Waals surface area contributed by atoms with Gasteiger partial charge in [-0.05, 0) is 63.2 Å². The molecular weight excluding hydrogens is 424 g/mol. The van der Waals surface area contributed by atoms with E-state index in [1.807, 2.05) is 20.8 Å². The maximum Gasteiger partial charge on any atom is 0.256 e. The number of nitrogens with zero attached hydrogens (tertiary/aromatic N) is 1. The number of fused-ring (bicyclic) bond motifs is 1. The van der Waals surface area contributed by atoms with Crippen molar-refractivity contribution in [3.8, 4) is 0 Å². The fourth-order valence-corrected chi connectivity index (χ4v) is 5.05. The number of benzene rings is 1. The lowest BCUT2D eigenvalue weighted by Gasteiger charge is -2.18. The van der Waals surface area contributed by atoms with Crippen LogP contribution in [-0.2, 0) is 15.6 Å². The molecule has 0 radical (unpaired) electrons. The number of anilines is 1. The number of amides is 2. The van der Waals surface area contributed by atoms with E-state index in [1.165, 1.54) is 0 Å². The van der Waals surface area contributed by atoms with E-state index in [1.54, 1.807) is 24.5 Å². The van der Waals surface area contributed by atoms with Crippen LogP contribution in [0.3, 0.4) is 0 Å². The highest BCUT2D eigenvalue weighted by molar-refractivity contribution is 7.84. The molecule has 0 aliphatic carbocycles. The molecule has 0 fully saturated rings. The molecule has 1 aromatic carbocycles. The lowest BCUT2D eigenvalue weighted by molar-refractivity contribution is -0.110. The fraction of sp³-hybridized carbons (Fsp3) is 0.417. The highest BCUT2D eigenvalue weighted by atomic mass is 32.2. The van der Waals surface area contributed by atoms with Crippen molar-refractivity contribution in [2.24, 2.45) is 0 Å². The molecule has 0 bridgehead atoms. The molecule has 8 heteroatoms. The van der Waals surface area contributed by atoms with Crippen LogP contribution in [0.5, 0.6) is 0 Å². The van der Waals surface area contributed by atoms with E-state index in [0.29, 0.717) is 28.3 Å². The highest BCUT2D eigenvalue weighted by Gasteiger charge is 2.28. The zero-order chi connectivity index (χ0) is 23.6. The number of carbonyl (C=O) groups is 2. The van der Waals surface area contributed by atoms with Gasteiger partial charge in [-0.3, -0.25) is 13.8 Å². The van der Waals surface area contributed by atoms with Crippen LogP contribution in [-0.4, -0.2) is 58.3 Å². The molecule has 1 unspecified atom stereocenters. The summed E-state index contributed by atoms with van der Waals surface area (Å²) in [4.78, 5) is 31.8. The average Bonchev–Trinajstić information content (AvgIpc) is 3.21. The van der Waals surface area contributed by atoms with E-state index in [-0.39, 0.29) is 11.8 Å². The second-order valence-corrected chi connectivity index (χ2v) is 9.37. The first-order chi connectivity index (χ1) is 15.2. The van der Waals surface area contributed by atoms with Crippen LogP contribution in [0.1, 0.15) is 52.3 Å². The van der Waals surface area contributed by atoms with Crippen molar-refractivity contribution < 1.29 is 13.8 Å². The van der Waals surface area contributed by atoms with E-state index < -0.39 is 10.8 Å². The van der Waals surface area contributed by atoms with Gasteiger partial charge >= 0.3 is 0 Å². The van der Waals surface area contributed by atoms with Gasteiger partial charge in [-0.2, -0.15) is 0 Å². The van der Waals surface area contributed by atoms with Crippen LogP contribution >= 0.6 is 0 Å². The van der Waals surface area contributed by atoms with Crippen molar-refractivity contribution in [1.29, 1.82) is 0 Å². The van der Waals surface area contributed by atoms with Gasteiger partial charge in [0, 0.05) is 46.9 Å².